The maximum Gasteiger partial charge on any atom is 1.00 e. The molecular formula is C32H24Cl4K2N6O5S2. The van der Waals surface area contributed by atoms with Crippen molar-refractivity contribution in [2.75, 3.05) is 10.6 Å². The van der Waals surface area contributed by atoms with Crippen LogP contribution < -0.4 is 125 Å². The van der Waals surface area contributed by atoms with Crippen molar-refractivity contribution in [1.29, 1.82) is 0 Å². The summed E-state index contributed by atoms with van der Waals surface area (Å²) in [6, 6.07) is 27.3. The van der Waals surface area contributed by atoms with E-state index in [9.17, 15) is 19.2 Å². The van der Waals surface area contributed by atoms with Gasteiger partial charge in [0.15, 0.2) is 0 Å². The van der Waals surface area contributed by atoms with Gasteiger partial charge in [0.05, 0.1) is 13.1 Å². The maximum atomic E-state index is 12.1. The molecule has 0 bridgehead atoms. The number of hydrogen-bond donors (Lipinski definition) is 2. The van der Waals surface area contributed by atoms with Crippen molar-refractivity contribution < 1.29 is 119 Å². The minimum Gasteiger partial charge on any atom is -1.00 e. The Bertz CT molecular complexity index is 2010. The van der Waals surface area contributed by atoms with Gasteiger partial charge in [-0.2, -0.15) is 9.97 Å². The van der Waals surface area contributed by atoms with E-state index in [4.69, 9.17) is 46.4 Å². The van der Waals surface area contributed by atoms with Crippen molar-refractivity contribution in [2.45, 2.75) is 13.1 Å². The van der Waals surface area contributed by atoms with Gasteiger partial charge >= 0.3 is 114 Å². The number of benzene rings is 4. The molecule has 0 aliphatic rings. The Balaban J connectivity index is 0.000000483. The van der Waals surface area contributed by atoms with Crippen LogP contribution in [0.5, 0.6) is 0 Å². The topological polar surface area (TPSA) is 158 Å². The van der Waals surface area contributed by atoms with Crippen LogP contribution in [0.1, 0.15) is 33.3 Å². The summed E-state index contributed by atoms with van der Waals surface area (Å²) in [5, 5.41) is 8.07. The van der Waals surface area contributed by atoms with Gasteiger partial charge in [0, 0.05) is 31.2 Å². The predicted molar refractivity (Wildman–Crippen MR) is 196 cm³/mol. The molecule has 2 heterocycles. The van der Waals surface area contributed by atoms with Crippen molar-refractivity contribution >= 4 is 91.5 Å². The van der Waals surface area contributed by atoms with E-state index in [2.05, 4.69) is 20.6 Å². The van der Waals surface area contributed by atoms with Crippen LogP contribution in [0.3, 0.4) is 0 Å². The van der Waals surface area contributed by atoms with Crippen molar-refractivity contribution in [2.24, 2.45) is 0 Å². The van der Waals surface area contributed by atoms with Crippen LogP contribution in [0.25, 0.3) is 0 Å². The number of halogens is 4. The molecule has 0 aliphatic carbocycles. The van der Waals surface area contributed by atoms with Crippen LogP contribution in [-0.4, -0.2) is 35.2 Å². The fourth-order valence-corrected chi connectivity index (χ4v) is 6.07. The number of aromatic nitrogens is 4. The summed E-state index contributed by atoms with van der Waals surface area (Å²) in [7, 11) is 0. The smallest absolute Gasteiger partial charge is 1.00 e. The van der Waals surface area contributed by atoms with Gasteiger partial charge in [-0.3, -0.25) is 20.2 Å². The standard InChI is InChI=1S/2C16H11Cl2N3O2S.2K.H2O.H/c2*17-12-5-1-10(2-6-12)9-21-16(23)20-15(24-21)19-14(22)11-3-7-13(18)8-4-11;;;;/h2*1-8H,9H2,(H,19,20,22,23);;;1H2;/q;;2*+1;;-1/p-1. The number of nitrogens with one attached hydrogen (secondary N) is 2. The average molecular weight is 857 g/mol. The third-order valence-electron chi connectivity index (χ3n) is 6.35. The first-order valence-corrected chi connectivity index (χ1v) is 16.9. The molecule has 4 aromatic carbocycles. The number of carbonyl (C=O) groups is 2. The molecule has 0 spiro atoms. The van der Waals surface area contributed by atoms with Gasteiger partial charge in [0.1, 0.15) is 0 Å². The molecule has 3 N–H and O–H groups in total. The van der Waals surface area contributed by atoms with Gasteiger partial charge in [-0.15, -0.1) is 0 Å². The van der Waals surface area contributed by atoms with E-state index in [0.717, 1.165) is 34.2 Å². The minimum atomic E-state index is -0.415. The van der Waals surface area contributed by atoms with E-state index in [1.54, 1.807) is 72.8 Å². The van der Waals surface area contributed by atoms with Crippen molar-refractivity contribution in [3.05, 3.63) is 160 Å². The van der Waals surface area contributed by atoms with Gasteiger partial charge < -0.3 is 6.90 Å². The number of rotatable bonds is 8. The predicted octanol–water partition coefficient (Wildman–Crippen LogP) is 1.77. The molecule has 0 saturated heterocycles. The molecular weight excluding hydrogens is 833 g/mol. The number of hydrogen-bond acceptors (Lipinski definition) is 9. The molecule has 2 aromatic heterocycles. The van der Waals surface area contributed by atoms with Crippen molar-refractivity contribution in [3.8, 4) is 0 Å². The summed E-state index contributed by atoms with van der Waals surface area (Å²) in [4.78, 5) is 55.8. The molecule has 0 saturated carbocycles. The Morgan fingerprint density at radius 2 is 0.824 bits per heavy atom. The minimum absolute atomic E-state index is 0. The van der Waals surface area contributed by atoms with E-state index >= 15 is 0 Å². The first-order valence-electron chi connectivity index (χ1n) is 13.8. The van der Waals surface area contributed by atoms with Gasteiger partial charge in [-0.05, 0) is 107 Å². The molecule has 19 heteroatoms. The summed E-state index contributed by atoms with van der Waals surface area (Å²) >= 11 is 25.4. The summed E-state index contributed by atoms with van der Waals surface area (Å²) in [6.45, 7) is 0.731. The molecule has 0 aliphatic heterocycles. The second-order valence-electron chi connectivity index (χ2n) is 9.83. The number of carbonyl (C=O) groups excluding carboxylic acids is 2. The van der Waals surface area contributed by atoms with E-state index in [1.807, 2.05) is 24.3 Å². The van der Waals surface area contributed by atoms with Crippen molar-refractivity contribution in [1.82, 2.24) is 17.9 Å². The van der Waals surface area contributed by atoms with Crippen LogP contribution in [-0.2, 0) is 13.1 Å². The van der Waals surface area contributed by atoms with Gasteiger partial charge in [0.25, 0.3) is 11.8 Å². The first kappa shape index (κ1) is 46.1. The molecule has 0 fully saturated rings. The zero-order valence-corrected chi connectivity index (χ0v) is 37.8. The zero-order valence-electron chi connectivity index (χ0n) is 27.8. The Hall–Kier alpha value is -1.07. The second-order valence-corrected chi connectivity index (χ2v) is 13.6. The normalized spacial score (nSPS) is 9.96. The van der Waals surface area contributed by atoms with Crippen LogP contribution >= 0.6 is 69.5 Å². The maximum absolute atomic E-state index is 12.1. The first-order chi connectivity index (χ1) is 23.0. The van der Waals surface area contributed by atoms with E-state index in [1.165, 1.54) is 7.91 Å². The fourth-order valence-electron chi connectivity index (χ4n) is 3.97. The van der Waals surface area contributed by atoms with Gasteiger partial charge in [-0.25, -0.2) is 17.5 Å². The Morgan fingerprint density at radius 3 is 1.12 bits per heavy atom. The van der Waals surface area contributed by atoms with E-state index in [0.29, 0.717) is 44.3 Å². The molecule has 0 unspecified atom stereocenters. The summed E-state index contributed by atoms with van der Waals surface area (Å²) in [6.07, 6.45) is 0. The Labute approximate surface area is 406 Å². The fraction of sp³-hybridized carbons (Fsp3) is 0.0625. The van der Waals surface area contributed by atoms with Crippen LogP contribution in [0.4, 0.5) is 10.3 Å². The molecule has 0 radical (unpaired) electrons. The number of anilines is 2. The third kappa shape index (κ3) is 14.3. The van der Waals surface area contributed by atoms with Gasteiger partial charge in [0.2, 0.25) is 10.3 Å². The van der Waals surface area contributed by atoms with Crippen LogP contribution in [0.2, 0.25) is 20.1 Å². The second kappa shape index (κ2) is 22.3. The molecule has 254 valence electrons. The molecule has 0 atom stereocenters. The van der Waals surface area contributed by atoms with Crippen LogP contribution in [0.15, 0.2) is 107 Å². The summed E-state index contributed by atoms with van der Waals surface area (Å²) in [5.41, 5.74) is 1.88. The SMILES string of the molecule is O=C(Nc1nc(=O)n(Cc2ccc(Cl)cc2)s1)c1ccc(Cl)cc1.O=C(Nc1nc(=O)n(Cc2ccc(Cl)cc2)s1)c1ccc(Cl)cc1.[H-].[K+].[K+].[OH-]. The Kier molecular flexibility index (Phi) is 20.2. The molecule has 6 aromatic rings. The zero-order chi connectivity index (χ0) is 34.2. The molecule has 2 amide bonds. The number of nitrogens with zero attached hydrogens (tertiary/aromatic N) is 4. The van der Waals surface area contributed by atoms with E-state index in [-0.39, 0.29) is 132 Å². The summed E-state index contributed by atoms with van der Waals surface area (Å²) in [5.74, 6) is -0.696. The van der Waals surface area contributed by atoms with Crippen LogP contribution in [0, 0.1) is 0 Å². The molecule has 51 heavy (non-hydrogen) atoms. The molecule has 11 nitrogen and oxygen atoms in total. The third-order valence-corrected chi connectivity index (χ3v) is 9.10. The molecule has 6 rings (SSSR count). The van der Waals surface area contributed by atoms with Gasteiger partial charge in [-0.1, -0.05) is 70.7 Å². The quantitative estimate of drug-likeness (QED) is 0.221. The monoisotopic (exact) mass is 854 g/mol. The number of amides is 2. The largest absolute Gasteiger partial charge is 1.00 e. The van der Waals surface area contributed by atoms with E-state index < -0.39 is 11.4 Å². The summed E-state index contributed by atoms with van der Waals surface area (Å²) < 4.78 is 2.92. The average Bonchev–Trinajstić information content (AvgIpc) is 3.59. The van der Waals surface area contributed by atoms with Crippen molar-refractivity contribution in [3.63, 3.8) is 0 Å². The Morgan fingerprint density at radius 1 is 0.549 bits per heavy atom.